The summed E-state index contributed by atoms with van der Waals surface area (Å²) < 4.78 is 58.3. The molecule has 5 nitrogen and oxygen atoms in total. The molecule has 1 aliphatic rings. The van der Waals surface area contributed by atoms with E-state index in [0.717, 1.165) is 13.0 Å². The zero-order valence-corrected chi connectivity index (χ0v) is 17.7. The maximum Gasteiger partial charge on any atom is 0.401 e. The van der Waals surface area contributed by atoms with Crippen molar-refractivity contribution >= 4 is 16.9 Å². The lowest BCUT2D eigenvalue weighted by Crippen LogP contribution is -2.51. The normalized spacial score (nSPS) is 22.8. The van der Waals surface area contributed by atoms with Gasteiger partial charge < -0.3 is 13.9 Å². The van der Waals surface area contributed by atoms with Crippen LogP contribution in [0.1, 0.15) is 19.8 Å². The highest BCUT2D eigenvalue weighted by atomic mass is 19.4. The van der Waals surface area contributed by atoms with E-state index in [2.05, 4.69) is 6.58 Å². The van der Waals surface area contributed by atoms with Crippen LogP contribution in [0.3, 0.4) is 0 Å². The maximum absolute atomic E-state index is 14.1. The number of carbonyl (C=O) groups excluding carboxylic acids is 1. The van der Waals surface area contributed by atoms with Crippen LogP contribution >= 0.6 is 0 Å². The maximum atomic E-state index is 14.1. The number of halogens is 3. The zero-order chi connectivity index (χ0) is 23.8. The summed E-state index contributed by atoms with van der Waals surface area (Å²) >= 11 is 0. The van der Waals surface area contributed by atoms with Gasteiger partial charge in [-0.25, -0.2) is 9.59 Å². The third-order valence-corrected chi connectivity index (χ3v) is 6.14. The van der Waals surface area contributed by atoms with E-state index in [1.165, 1.54) is 12.1 Å². The van der Waals surface area contributed by atoms with Gasteiger partial charge in [0.05, 0.1) is 5.56 Å². The molecule has 1 aliphatic carbocycles. The number of carbonyl (C=O) groups is 1. The molecule has 0 spiro atoms. The lowest BCUT2D eigenvalue weighted by molar-refractivity contribution is -0.262. The highest BCUT2D eigenvalue weighted by molar-refractivity contribution is 5.83. The minimum atomic E-state index is -4.69. The van der Waals surface area contributed by atoms with E-state index in [-0.39, 0.29) is 24.2 Å². The van der Waals surface area contributed by atoms with Gasteiger partial charge in [-0.15, -0.1) is 0 Å². The first-order valence-electron chi connectivity index (χ1n) is 10.3. The van der Waals surface area contributed by atoms with Crippen LogP contribution in [0, 0.1) is 5.41 Å². The lowest BCUT2D eigenvalue weighted by atomic mass is 9.83. The SMILES string of the molecule is C=CC(=O)OC1CCC(Oc2ccc3cc(-c4ccccc4)c(=O)oc3c2)C1(C)C(F)(F)F. The van der Waals surface area contributed by atoms with Crippen molar-refractivity contribution in [1.82, 2.24) is 0 Å². The average Bonchev–Trinajstić information content (AvgIpc) is 3.10. The van der Waals surface area contributed by atoms with Crippen LogP contribution in [-0.2, 0) is 9.53 Å². The van der Waals surface area contributed by atoms with Gasteiger partial charge in [0.2, 0.25) is 0 Å². The number of hydrogen-bond acceptors (Lipinski definition) is 5. The van der Waals surface area contributed by atoms with Gasteiger partial charge in [0.1, 0.15) is 29.0 Å². The second kappa shape index (κ2) is 8.42. The van der Waals surface area contributed by atoms with E-state index in [1.54, 1.807) is 36.4 Å². The third-order valence-electron chi connectivity index (χ3n) is 6.14. The van der Waals surface area contributed by atoms with Crippen LogP contribution < -0.4 is 10.4 Å². The summed E-state index contributed by atoms with van der Waals surface area (Å²) in [4.78, 5) is 24.1. The standard InChI is InChI=1S/C25H21F3O5/c1-3-22(29)33-21-12-11-20(24(21,2)25(26,27)28)31-17-10-9-16-13-18(15-7-5-4-6-8-15)23(30)32-19(16)14-17/h3-10,13-14,20-21H,1,11-12H2,2H3. The zero-order valence-electron chi connectivity index (χ0n) is 17.7. The molecule has 0 N–H and O–H groups in total. The van der Waals surface area contributed by atoms with Crippen LogP contribution in [0.4, 0.5) is 13.2 Å². The predicted molar refractivity (Wildman–Crippen MR) is 116 cm³/mol. The molecule has 8 heteroatoms. The number of alkyl halides is 3. The first-order chi connectivity index (χ1) is 15.6. The summed E-state index contributed by atoms with van der Waals surface area (Å²) in [7, 11) is 0. The summed E-state index contributed by atoms with van der Waals surface area (Å²) in [6, 6.07) is 15.2. The molecule has 1 saturated carbocycles. The molecule has 1 aromatic heterocycles. The minimum Gasteiger partial charge on any atom is -0.489 e. The van der Waals surface area contributed by atoms with E-state index >= 15 is 0 Å². The van der Waals surface area contributed by atoms with Gasteiger partial charge in [-0.2, -0.15) is 13.2 Å². The molecule has 0 aliphatic heterocycles. The highest BCUT2D eigenvalue weighted by Gasteiger charge is 2.66. The number of esters is 1. The molecule has 3 unspecified atom stereocenters. The Morgan fingerprint density at radius 2 is 1.82 bits per heavy atom. The van der Waals surface area contributed by atoms with Crippen molar-refractivity contribution in [3.8, 4) is 16.9 Å². The van der Waals surface area contributed by atoms with Crippen molar-refractivity contribution in [2.24, 2.45) is 5.41 Å². The first-order valence-corrected chi connectivity index (χ1v) is 10.3. The number of benzene rings is 2. The Morgan fingerprint density at radius 3 is 2.48 bits per heavy atom. The summed E-state index contributed by atoms with van der Waals surface area (Å²) in [6.07, 6.45) is -6.54. The van der Waals surface area contributed by atoms with Crippen molar-refractivity contribution in [1.29, 1.82) is 0 Å². The van der Waals surface area contributed by atoms with Gasteiger partial charge >= 0.3 is 17.8 Å². The highest BCUT2D eigenvalue weighted by Crippen LogP contribution is 2.53. The van der Waals surface area contributed by atoms with E-state index < -0.39 is 35.4 Å². The fourth-order valence-electron chi connectivity index (χ4n) is 4.17. The van der Waals surface area contributed by atoms with Gasteiger partial charge in [0, 0.05) is 17.5 Å². The number of rotatable bonds is 5. The third kappa shape index (κ3) is 4.13. The van der Waals surface area contributed by atoms with Crippen molar-refractivity contribution in [3.05, 3.63) is 77.7 Å². The molecule has 2 aromatic carbocycles. The summed E-state index contributed by atoms with van der Waals surface area (Å²) in [6.45, 7) is 4.22. The molecular weight excluding hydrogens is 437 g/mol. The van der Waals surface area contributed by atoms with Crippen molar-refractivity contribution < 1.29 is 31.9 Å². The molecule has 0 radical (unpaired) electrons. The average molecular weight is 458 g/mol. The minimum absolute atomic E-state index is 0.0106. The molecule has 0 bridgehead atoms. The van der Waals surface area contributed by atoms with Crippen LogP contribution in [0.25, 0.3) is 22.1 Å². The van der Waals surface area contributed by atoms with E-state index in [1.807, 2.05) is 6.07 Å². The van der Waals surface area contributed by atoms with Crippen LogP contribution in [-0.4, -0.2) is 24.4 Å². The summed E-state index contributed by atoms with van der Waals surface area (Å²) in [5, 5.41) is 0.601. The molecule has 1 heterocycles. The number of ether oxygens (including phenoxy) is 2. The van der Waals surface area contributed by atoms with Gasteiger partial charge in [-0.1, -0.05) is 36.9 Å². The fourth-order valence-corrected chi connectivity index (χ4v) is 4.17. The Hall–Kier alpha value is -3.55. The summed E-state index contributed by atoms with van der Waals surface area (Å²) in [5.41, 5.74) is -1.72. The van der Waals surface area contributed by atoms with Crippen molar-refractivity contribution in [2.45, 2.75) is 38.1 Å². The molecule has 172 valence electrons. The fraction of sp³-hybridized carbons (Fsp3) is 0.280. The molecule has 0 amide bonds. The largest absolute Gasteiger partial charge is 0.489 e. The molecule has 33 heavy (non-hydrogen) atoms. The van der Waals surface area contributed by atoms with Gasteiger partial charge in [0.15, 0.2) is 0 Å². The van der Waals surface area contributed by atoms with Crippen LogP contribution in [0.5, 0.6) is 5.75 Å². The molecule has 0 saturated heterocycles. The second-order valence-corrected chi connectivity index (χ2v) is 8.11. The predicted octanol–water partition coefficient (Wildman–Crippen LogP) is 5.67. The Bertz CT molecular complexity index is 1250. The Kier molecular flexibility index (Phi) is 5.78. The van der Waals surface area contributed by atoms with Crippen LogP contribution in [0.15, 0.2) is 76.5 Å². The van der Waals surface area contributed by atoms with Gasteiger partial charge in [-0.05, 0) is 43.5 Å². The molecule has 1 fully saturated rings. The van der Waals surface area contributed by atoms with E-state index in [0.29, 0.717) is 16.5 Å². The van der Waals surface area contributed by atoms with Gasteiger partial charge in [0.25, 0.3) is 0 Å². The Morgan fingerprint density at radius 1 is 1.12 bits per heavy atom. The Labute approximate surface area is 187 Å². The number of fused-ring (bicyclic) bond motifs is 1. The summed E-state index contributed by atoms with van der Waals surface area (Å²) in [5.74, 6) is -0.799. The van der Waals surface area contributed by atoms with Crippen LogP contribution in [0.2, 0.25) is 0 Å². The van der Waals surface area contributed by atoms with Crippen molar-refractivity contribution in [3.63, 3.8) is 0 Å². The van der Waals surface area contributed by atoms with Crippen molar-refractivity contribution in [2.75, 3.05) is 0 Å². The first kappa shape index (κ1) is 22.6. The lowest BCUT2D eigenvalue weighted by Gasteiger charge is -2.37. The number of hydrogen-bond donors (Lipinski definition) is 0. The quantitative estimate of drug-likeness (QED) is 0.280. The molecule has 3 atom stereocenters. The molecular formula is C25H21F3O5. The van der Waals surface area contributed by atoms with E-state index in [4.69, 9.17) is 13.9 Å². The van der Waals surface area contributed by atoms with E-state index in [9.17, 15) is 22.8 Å². The monoisotopic (exact) mass is 458 g/mol. The Balaban J connectivity index is 1.65. The smallest absolute Gasteiger partial charge is 0.401 e. The second-order valence-electron chi connectivity index (χ2n) is 8.11. The topological polar surface area (TPSA) is 65.7 Å². The molecule has 3 aromatic rings. The van der Waals surface area contributed by atoms with Gasteiger partial charge in [-0.3, -0.25) is 0 Å². The molecule has 4 rings (SSSR count).